The monoisotopic (exact) mass is 384 g/mol. The van der Waals surface area contributed by atoms with Crippen LogP contribution in [0.5, 0.6) is 5.88 Å². The fourth-order valence-electron chi connectivity index (χ4n) is 3.04. The van der Waals surface area contributed by atoms with Crippen LogP contribution in [0, 0.1) is 0 Å². The van der Waals surface area contributed by atoms with Gasteiger partial charge in [0.15, 0.2) is 0 Å². The van der Waals surface area contributed by atoms with Crippen LogP contribution in [-0.2, 0) is 16.1 Å². The lowest BCUT2D eigenvalue weighted by Gasteiger charge is -2.23. The summed E-state index contributed by atoms with van der Waals surface area (Å²) in [7, 11) is 0. The molecule has 3 rings (SSSR count). The minimum absolute atomic E-state index is 0.0188. The first-order valence-corrected chi connectivity index (χ1v) is 9.37. The van der Waals surface area contributed by atoms with Crippen LogP contribution >= 0.6 is 0 Å². The minimum Gasteiger partial charge on any atom is -0.481 e. The molecule has 0 saturated carbocycles. The maximum Gasteiger partial charge on any atom is 0.303 e. The Morgan fingerprint density at radius 1 is 1.25 bits per heavy atom. The first-order valence-electron chi connectivity index (χ1n) is 9.37. The zero-order valence-electron chi connectivity index (χ0n) is 15.6. The molecule has 7 nitrogen and oxygen atoms in total. The molecule has 148 valence electrons. The Bertz CT molecular complexity index is 790. The lowest BCUT2D eigenvalue weighted by molar-refractivity contribution is -0.137. The highest BCUT2D eigenvalue weighted by atomic mass is 16.5. The zero-order valence-corrected chi connectivity index (χ0v) is 15.6. The molecular formula is C21H24N2O5. The molecule has 0 spiro atoms. The Morgan fingerprint density at radius 3 is 2.79 bits per heavy atom. The van der Waals surface area contributed by atoms with E-state index in [1.165, 1.54) is 0 Å². The fraction of sp³-hybridized carbons (Fsp3) is 0.381. The van der Waals surface area contributed by atoms with Gasteiger partial charge in [-0.1, -0.05) is 30.3 Å². The molecule has 1 aliphatic heterocycles. The molecule has 1 unspecified atom stereocenters. The van der Waals surface area contributed by atoms with Crippen LogP contribution in [0.25, 0.3) is 0 Å². The van der Waals surface area contributed by atoms with Crippen molar-refractivity contribution < 1.29 is 24.2 Å². The van der Waals surface area contributed by atoms with E-state index in [0.717, 1.165) is 12.0 Å². The average Bonchev–Trinajstić information content (AvgIpc) is 3.20. The smallest absolute Gasteiger partial charge is 0.303 e. The maximum absolute atomic E-state index is 13.1. The van der Waals surface area contributed by atoms with Gasteiger partial charge in [-0.05, 0) is 18.1 Å². The van der Waals surface area contributed by atoms with E-state index in [4.69, 9.17) is 14.6 Å². The summed E-state index contributed by atoms with van der Waals surface area (Å²) in [6.07, 6.45) is 2.71. The number of rotatable bonds is 9. The number of carboxylic acid groups (broad SMARTS) is 1. The largest absolute Gasteiger partial charge is 0.481 e. The molecule has 1 atom stereocenters. The number of aromatic nitrogens is 1. The normalized spacial score (nSPS) is 15.9. The molecule has 0 radical (unpaired) electrons. The van der Waals surface area contributed by atoms with E-state index in [9.17, 15) is 9.59 Å². The quantitative estimate of drug-likeness (QED) is 0.715. The lowest BCUT2D eigenvalue weighted by atomic mass is 10.1. The van der Waals surface area contributed by atoms with E-state index in [1.807, 2.05) is 30.3 Å². The molecule has 28 heavy (non-hydrogen) atoms. The third kappa shape index (κ3) is 5.79. The molecule has 7 heteroatoms. The number of carboxylic acids is 1. The van der Waals surface area contributed by atoms with Gasteiger partial charge in [0.05, 0.1) is 13.2 Å². The van der Waals surface area contributed by atoms with Crippen molar-refractivity contribution in [1.82, 2.24) is 9.88 Å². The van der Waals surface area contributed by atoms with Crippen LogP contribution in [0.2, 0.25) is 0 Å². The molecule has 1 fully saturated rings. The summed E-state index contributed by atoms with van der Waals surface area (Å²) in [5, 5.41) is 8.91. The Morgan fingerprint density at radius 2 is 2.07 bits per heavy atom. The van der Waals surface area contributed by atoms with Crippen LogP contribution in [0.1, 0.15) is 35.2 Å². The molecule has 1 saturated heterocycles. The van der Waals surface area contributed by atoms with Gasteiger partial charge in [0.25, 0.3) is 5.91 Å². The second-order valence-electron chi connectivity index (χ2n) is 6.70. The van der Waals surface area contributed by atoms with Gasteiger partial charge in [0, 0.05) is 43.8 Å². The number of pyridine rings is 1. The average molecular weight is 384 g/mol. The Hall–Kier alpha value is -2.93. The third-order valence-corrected chi connectivity index (χ3v) is 4.48. The summed E-state index contributed by atoms with van der Waals surface area (Å²) in [5.74, 6) is -0.652. The van der Waals surface area contributed by atoms with Crippen LogP contribution in [0.3, 0.4) is 0 Å². The summed E-state index contributed by atoms with van der Waals surface area (Å²) < 4.78 is 11.1. The molecular weight excluding hydrogens is 360 g/mol. The molecule has 1 aromatic heterocycles. The molecule has 2 heterocycles. The summed E-state index contributed by atoms with van der Waals surface area (Å²) in [6, 6.07) is 12.9. The number of ether oxygens (including phenoxy) is 2. The van der Waals surface area contributed by atoms with E-state index < -0.39 is 5.97 Å². The molecule has 1 aliphatic rings. The minimum atomic E-state index is -0.870. The van der Waals surface area contributed by atoms with E-state index >= 15 is 0 Å². The van der Waals surface area contributed by atoms with Gasteiger partial charge in [-0.2, -0.15) is 0 Å². The number of amides is 1. The van der Waals surface area contributed by atoms with Gasteiger partial charge < -0.3 is 19.5 Å². The standard InChI is InChI=1S/C21H24N2O5/c24-20(25)7-4-11-23(14-16-5-2-1-3-6-16)21(26)17-8-10-22-19(13-17)28-18-9-12-27-15-18/h1-3,5-6,8,10,13,18H,4,7,9,11-12,14-15H2,(H,24,25). The number of nitrogens with zero attached hydrogens (tertiary/aromatic N) is 2. The first-order chi connectivity index (χ1) is 13.6. The molecule has 1 amide bonds. The van der Waals surface area contributed by atoms with Crippen molar-refractivity contribution >= 4 is 11.9 Å². The summed E-state index contributed by atoms with van der Waals surface area (Å²) in [6.45, 7) is 1.95. The van der Waals surface area contributed by atoms with Crippen LogP contribution in [0.15, 0.2) is 48.7 Å². The lowest BCUT2D eigenvalue weighted by Crippen LogP contribution is -2.32. The molecule has 0 aliphatic carbocycles. The van der Waals surface area contributed by atoms with E-state index in [2.05, 4.69) is 4.98 Å². The first kappa shape index (κ1) is 19.8. The highest BCUT2D eigenvalue weighted by Crippen LogP contribution is 2.18. The molecule has 0 bridgehead atoms. The predicted molar refractivity (Wildman–Crippen MR) is 102 cm³/mol. The Labute approximate surface area is 163 Å². The fourth-order valence-corrected chi connectivity index (χ4v) is 3.04. The number of hydrogen-bond acceptors (Lipinski definition) is 5. The number of carbonyl (C=O) groups excluding carboxylic acids is 1. The highest BCUT2D eigenvalue weighted by Gasteiger charge is 2.20. The predicted octanol–water partition coefficient (Wildman–Crippen LogP) is 2.76. The maximum atomic E-state index is 13.1. The van der Waals surface area contributed by atoms with Crippen molar-refractivity contribution in [3.63, 3.8) is 0 Å². The van der Waals surface area contributed by atoms with Crippen molar-refractivity contribution in [1.29, 1.82) is 0 Å². The number of hydrogen-bond donors (Lipinski definition) is 1. The zero-order chi connectivity index (χ0) is 19.8. The Balaban J connectivity index is 1.72. The second-order valence-corrected chi connectivity index (χ2v) is 6.70. The number of benzene rings is 1. The number of aliphatic carboxylic acids is 1. The molecule has 2 aromatic rings. The van der Waals surface area contributed by atoms with Gasteiger partial charge in [-0.15, -0.1) is 0 Å². The topological polar surface area (TPSA) is 89.0 Å². The SMILES string of the molecule is O=C(O)CCCN(Cc1ccccc1)C(=O)c1ccnc(OC2CCOC2)c1. The second kappa shape index (κ2) is 9.85. The van der Waals surface area contributed by atoms with Crippen molar-refractivity contribution in [3.8, 4) is 5.88 Å². The van der Waals surface area contributed by atoms with Crippen LogP contribution in [0.4, 0.5) is 0 Å². The van der Waals surface area contributed by atoms with Crippen LogP contribution < -0.4 is 4.74 Å². The van der Waals surface area contributed by atoms with Crippen LogP contribution in [-0.4, -0.2) is 52.7 Å². The van der Waals surface area contributed by atoms with Gasteiger partial charge >= 0.3 is 5.97 Å². The molecule has 1 N–H and O–H groups in total. The van der Waals surface area contributed by atoms with Crippen molar-refractivity contribution in [3.05, 3.63) is 59.8 Å². The highest BCUT2D eigenvalue weighted by molar-refractivity contribution is 5.94. The van der Waals surface area contributed by atoms with Crippen molar-refractivity contribution in [2.75, 3.05) is 19.8 Å². The number of carbonyl (C=O) groups is 2. The van der Waals surface area contributed by atoms with E-state index in [0.29, 0.717) is 44.2 Å². The van der Waals surface area contributed by atoms with Gasteiger partial charge in [0.2, 0.25) is 5.88 Å². The van der Waals surface area contributed by atoms with E-state index in [-0.39, 0.29) is 18.4 Å². The summed E-state index contributed by atoms with van der Waals surface area (Å²) in [4.78, 5) is 29.8. The summed E-state index contributed by atoms with van der Waals surface area (Å²) >= 11 is 0. The van der Waals surface area contributed by atoms with Crippen molar-refractivity contribution in [2.24, 2.45) is 0 Å². The van der Waals surface area contributed by atoms with Gasteiger partial charge in [-0.3, -0.25) is 9.59 Å². The molecule has 1 aromatic carbocycles. The van der Waals surface area contributed by atoms with Gasteiger partial charge in [0.1, 0.15) is 6.10 Å². The third-order valence-electron chi connectivity index (χ3n) is 4.48. The van der Waals surface area contributed by atoms with Gasteiger partial charge in [-0.25, -0.2) is 4.98 Å². The van der Waals surface area contributed by atoms with E-state index in [1.54, 1.807) is 23.2 Å². The summed E-state index contributed by atoms with van der Waals surface area (Å²) in [5.41, 5.74) is 1.45. The van der Waals surface area contributed by atoms with Crippen molar-refractivity contribution in [2.45, 2.75) is 31.9 Å². The Kier molecular flexibility index (Phi) is 6.97.